The first-order valence-corrected chi connectivity index (χ1v) is 8.30. The quantitative estimate of drug-likeness (QED) is 0.384. The summed E-state index contributed by atoms with van der Waals surface area (Å²) >= 11 is 0. The summed E-state index contributed by atoms with van der Waals surface area (Å²) in [5.41, 5.74) is 0. The van der Waals surface area contributed by atoms with Crippen LogP contribution in [0.15, 0.2) is 0 Å². The van der Waals surface area contributed by atoms with Gasteiger partial charge in [0.05, 0.1) is 0 Å². The molecule has 0 saturated heterocycles. The van der Waals surface area contributed by atoms with E-state index in [1.165, 1.54) is 0 Å². The van der Waals surface area contributed by atoms with Gasteiger partial charge in [-0.15, -0.1) is 0 Å². The van der Waals surface area contributed by atoms with Gasteiger partial charge < -0.3 is 13.3 Å². The number of rotatable bonds is 11. The lowest BCUT2D eigenvalue weighted by molar-refractivity contribution is -0.158. The molecule has 0 aromatic rings. The zero-order valence-corrected chi connectivity index (χ0v) is 14.0. The van der Waals surface area contributed by atoms with Crippen LogP contribution < -0.4 is 0 Å². The second-order valence-corrected chi connectivity index (χ2v) is 7.71. The van der Waals surface area contributed by atoms with Crippen LogP contribution in [0.3, 0.4) is 0 Å². The molecule has 0 aliphatic carbocycles. The molecule has 3 nitrogen and oxygen atoms in total. The summed E-state index contributed by atoms with van der Waals surface area (Å²) in [6.45, 7) is 0. The summed E-state index contributed by atoms with van der Waals surface area (Å²) in [7, 11) is -2.92. The van der Waals surface area contributed by atoms with E-state index in [-0.39, 0.29) is 0 Å². The summed E-state index contributed by atoms with van der Waals surface area (Å²) in [4.78, 5) is 0. The van der Waals surface area contributed by atoms with Crippen molar-refractivity contribution in [2.45, 2.75) is 49.0 Å². The van der Waals surface area contributed by atoms with Crippen LogP contribution in [0.4, 0.5) is 43.9 Å². The van der Waals surface area contributed by atoms with Gasteiger partial charge in [-0.25, -0.2) is 43.9 Å². The number of hydrogen-bond donors (Lipinski definition) is 0. The molecule has 14 heteroatoms. The molecular weight excluding hydrogens is 398 g/mol. The molecule has 0 fully saturated rings. The van der Waals surface area contributed by atoms with Crippen molar-refractivity contribution >= 4 is 8.80 Å². The average Bonchev–Trinajstić information content (AvgIpc) is 2.59. The molecule has 0 spiro atoms. The maximum absolute atomic E-state index is 14.0. The van der Waals surface area contributed by atoms with Gasteiger partial charge in [-0.05, 0) is 0 Å². The van der Waals surface area contributed by atoms with E-state index in [1.54, 1.807) is 0 Å². The molecular formula is C11H16F10O3Si. The van der Waals surface area contributed by atoms with Crippen molar-refractivity contribution in [1.82, 2.24) is 0 Å². The second kappa shape index (κ2) is 9.37. The zero-order chi connectivity index (χ0) is 20.2. The highest BCUT2D eigenvalue weighted by Crippen LogP contribution is 2.38. The van der Waals surface area contributed by atoms with Gasteiger partial charge >= 0.3 is 14.7 Å². The predicted molar refractivity (Wildman–Crippen MR) is 67.1 cm³/mol. The second-order valence-electron chi connectivity index (χ2n) is 4.77. The third-order valence-corrected chi connectivity index (χ3v) is 6.02. The average molecular weight is 414 g/mol. The molecule has 0 aromatic carbocycles. The van der Waals surface area contributed by atoms with Crippen LogP contribution in [0.2, 0.25) is 0 Å². The van der Waals surface area contributed by atoms with Gasteiger partial charge in [0.25, 0.3) is 6.43 Å². The van der Waals surface area contributed by atoms with Crippen molar-refractivity contribution in [3.8, 4) is 0 Å². The molecule has 152 valence electrons. The highest BCUT2D eigenvalue weighted by molar-refractivity contribution is 6.62. The lowest BCUT2D eigenvalue weighted by Crippen LogP contribution is -2.63. The SMILES string of the molecule is CO[Si](OC)(OC)C(F)C(F)(F)C(F)C(F)C(F)C(F)C(F)C(F)F. The Morgan fingerprint density at radius 3 is 1.32 bits per heavy atom. The van der Waals surface area contributed by atoms with Crippen LogP contribution in [0.5, 0.6) is 0 Å². The predicted octanol–water partition coefficient (Wildman–Crippen LogP) is 3.33. The minimum absolute atomic E-state index is 0.661. The van der Waals surface area contributed by atoms with Crippen LogP contribution in [0.1, 0.15) is 0 Å². The lowest BCUT2D eigenvalue weighted by atomic mass is 10.0. The molecule has 0 saturated carbocycles. The van der Waals surface area contributed by atoms with Crippen LogP contribution in [-0.4, -0.2) is 79.1 Å². The number of hydrogen-bond acceptors (Lipinski definition) is 3. The molecule has 0 aliphatic heterocycles. The van der Waals surface area contributed by atoms with E-state index in [0.717, 1.165) is 0 Å². The minimum atomic E-state index is -5.37. The van der Waals surface area contributed by atoms with E-state index in [0.29, 0.717) is 21.3 Å². The molecule has 0 aliphatic rings. The fourth-order valence-electron chi connectivity index (χ4n) is 1.80. The van der Waals surface area contributed by atoms with Crippen molar-refractivity contribution in [2.75, 3.05) is 21.3 Å². The normalized spacial score (nSPS) is 20.9. The van der Waals surface area contributed by atoms with Crippen LogP contribution in [-0.2, 0) is 13.3 Å². The standard InChI is InChI=1S/C11H16F10O3Si/c1-22-25(23-2,24-3)10(19)11(20,21)8(16)6(14)4(12)5(13)7(15)9(17)18/h4-10H,1-3H3. The largest absolute Gasteiger partial charge is 0.542 e. The van der Waals surface area contributed by atoms with E-state index < -0.39 is 57.8 Å². The highest BCUT2D eigenvalue weighted by atomic mass is 28.4. The van der Waals surface area contributed by atoms with Crippen LogP contribution >= 0.6 is 0 Å². The van der Waals surface area contributed by atoms with Gasteiger partial charge in [0.1, 0.15) is 0 Å². The molecule has 0 rings (SSSR count). The van der Waals surface area contributed by atoms with E-state index in [9.17, 15) is 43.9 Å². The monoisotopic (exact) mass is 414 g/mol. The fourth-order valence-corrected chi connectivity index (χ4v) is 3.55. The summed E-state index contributed by atoms with van der Waals surface area (Å²) in [5, 5.41) is 0. The smallest absolute Gasteiger partial charge is 0.375 e. The van der Waals surface area contributed by atoms with Crippen LogP contribution in [0.25, 0.3) is 0 Å². The lowest BCUT2D eigenvalue weighted by Gasteiger charge is -2.34. The van der Waals surface area contributed by atoms with E-state index in [2.05, 4.69) is 13.3 Å². The molecule has 6 atom stereocenters. The first-order valence-electron chi connectivity index (χ1n) is 6.49. The summed E-state index contributed by atoms with van der Waals surface area (Å²) in [6, 6.07) is 0. The third-order valence-electron chi connectivity index (χ3n) is 3.30. The molecule has 25 heavy (non-hydrogen) atoms. The topological polar surface area (TPSA) is 27.7 Å². The molecule has 0 heterocycles. The van der Waals surface area contributed by atoms with Gasteiger partial charge in [-0.2, -0.15) is 0 Å². The van der Waals surface area contributed by atoms with Crippen molar-refractivity contribution in [3.05, 3.63) is 0 Å². The highest BCUT2D eigenvalue weighted by Gasteiger charge is 2.67. The van der Waals surface area contributed by atoms with E-state index in [1.807, 2.05) is 0 Å². The molecule has 0 N–H and O–H groups in total. The first kappa shape index (κ1) is 24.4. The summed E-state index contributed by atoms with van der Waals surface area (Å²) < 4.78 is 144. The Hall–Kier alpha value is -0.603. The van der Waals surface area contributed by atoms with Gasteiger partial charge in [-0.3, -0.25) is 0 Å². The van der Waals surface area contributed by atoms with Gasteiger partial charge in [-0.1, -0.05) is 0 Å². The Balaban J connectivity index is 5.44. The molecule has 0 aromatic heterocycles. The first-order chi connectivity index (χ1) is 11.3. The Morgan fingerprint density at radius 1 is 0.640 bits per heavy atom. The molecule has 6 unspecified atom stereocenters. The Morgan fingerprint density at radius 2 is 1.00 bits per heavy atom. The van der Waals surface area contributed by atoms with E-state index >= 15 is 0 Å². The maximum Gasteiger partial charge on any atom is 0.542 e. The summed E-state index contributed by atoms with van der Waals surface area (Å²) in [5.74, 6) is -9.12. The van der Waals surface area contributed by atoms with Crippen molar-refractivity contribution in [3.63, 3.8) is 0 Å². The van der Waals surface area contributed by atoms with Crippen molar-refractivity contribution < 1.29 is 57.2 Å². The molecule has 0 bridgehead atoms. The van der Waals surface area contributed by atoms with Crippen molar-refractivity contribution in [1.29, 1.82) is 0 Å². The summed E-state index contributed by atoms with van der Waals surface area (Å²) in [6.07, 6.45) is -24.5. The maximum atomic E-state index is 14.0. The van der Waals surface area contributed by atoms with Gasteiger partial charge in [0, 0.05) is 21.3 Å². The number of halogens is 10. The minimum Gasteiger partial charge on any atom is -0.375 e. The number of alkyl halides is 10. The van der Waals surface area contributed by atoms with E-state index in [4.69, 9.17) is 0 Å². The van der Waals surface area contributed by atoms with Gasteiger partial charge in [0.2, 0.25) is 12.0 Å². The Labute approximate surface area is 137 Å². The molecule has 0 radical (unpaired) electrons. The Bertz CT molecular complexity index is 392. The van der Waals surface area contributed by atoms with Gasteiger partial charge in [0.15, 0.2) is 24.7 Å². The fraction of sp³-hybridized carbons (Fsp3) is 1.00. The van der Waals surface area contributed by atoms with Crippen molar-refractivity contribution in [2.24, 2.45) is 0 Å². The zero-order valence-electron chi connectivity index (χ0n) is 13.0. The molecule has 0 amide bonds. The van der Waals surface area contributed by atoms with Crippen LogP contribution in [0, 0.1) is 0 Å². The Kier molecular flexibility index (Phi) is 9.14. The third kappa shape index (κ3) is 4.98.